The molecular formula is C11H17BrO4. The Balaban J connectivity index is 2.08. The number of halogens is 1. The predicted molar refractivity (Wildman–Crippen MR) is 61.7 cm³/mol. The maximum atomic E-state index is 11.1. The minimum atomic E-state index is -0.545. The average Bonchev–Trinajstić information content (AvgIpc) is 2.53. The van der Waals surface area contributed by atoms with Crippen molar-refractivity contribution in [1.29, 1.82) is 0 Å². The third-order valence-corrected chi connectivity index (χ3v) is 4.11. The fourth-order valence-corrected chi connectivity index (χ4v) is 3.19. The summed E-state index contributed by atoms with van der Waals surface area (Å²) in [6.07, 6.45) is 1.86. The molecule has 92 valence electrons. The van der Waals surface area contributed by atoms with Crippen molar-refractivity contribution in [2.24, 2.45) is 0 Å². The normalized spacial score (nSPS) is 43.9. The van der Waals surface area contributed by atoms with E-state index in [9.17, 15) is 4.79 Å². The number of carbonyl (C=O) groups excluding carboxylic acids is 1. The maximum absolute atomic E-state index is 11.1. The molecule has 2 aliphatic heterocycles. The van der Waals surface area contributed by atoms with Crippen LogP contribution in [0.15, 0.2) is 0 Å². The summed E-state index contributed by atoms with van der Waals surface area (Å²) in [5, 5.41) is 0. The van der Waals surface area contributed by atoms with E-state index in [1.54, 1.807) is 0 Å². The largest absolute Gasteiger partial charge is 0.509 e. The van der Waals surface area contributed by atoms with E-state index in [-0.39, 0.29) is 29.2 Å². The second-order valence-electron chi connectivity index (χ2n) is 4.44. The SMILES string of the molecule is CC[C@H]1O[C@H](C)CC2OC(=O)OC2CC1Br. The Hall–Kier alpha value is -0.290. The van der Waals surface area contributed by atoms with E-state index in [2.05, 4.69) is 22.9 Å². The van der Waals surface area contributed by atoms with Crippen molar-refractivity contribution in [3.05, 3.63) is 0 Å². The summed E-state index contributed by atoms with van der Waals surface area (Å²) >= 11 is 3.61. The van der Waals surface area contributed by atoms with Crippen LogP contribution < -0.4 is 0 Å². The lowest BCUT2D eigenvalue weighted by atomic mass is 9.98. The lowest BCUT2D eigenvalue weighted by Crippen LogP contribution is -2.39. The molecule has 0 amide bonds. The summed E-state index contributed by atoms with van der Waals surface area (Å²) in [5.41, 5.74) is 0. The molecule has 2 rings (SSSR count). The molecule has 2 aliphatic rings. The van der Waals surface area contributed by atoms with Crippen LogP contribution in [-0.2, 0) is 14.2 Å². The van der Waals surface area contributed by atoms with Gasteiger partial charge in [0.2, 0.25) is 0 Å². The van der Waals surface area contributed by atoms with Crippen LogP contribution in [0.3, 0.4) is 0 Å². The van der Waals surface area contributed by atoms with Gasteiger partial charge in [0.05, 0.1) is 12.2 Å². The minimum Gasteiger partial charge on any atom is -0.427 e. The highest BCUT2D eigenvalue weighted by atomic mass is 79.9. The van der Waals surface area contributed by atoms with Crippen LogP contribution in [0, 0.1) is 0 Å². The molecular weight excluding hydrogens is 276 g/mol. The molecule has 5 heteroatoms. The van der Waals surface area contributed by atoms with E-state index in [1.807, 2.05) is 6.92 Å². The third kappa shape index (κ3) is 2.51. The quantitative estimate of drug-likeness (QED) is 0.550. The zero-order valence-corrected chi connectivity index (χ0v) is 11.1. The fraction of sp³-hybridized carbons (Fsp3) is 0.909. The summed E-state index contributed by atoms with van der Waals surface area (Å²) in [7, 11) is 0. The van der Waals surface area contributed by atoms with Gasteiger partial charge >= 0.3 is 6.16 Å². The zero-order chi connectivity index (χ0) is 11.7. The Morgan fingerprint density at radius 3 is 2.56 bits per heavy atom. The van der Waals surface area contributed by atoms with Gasteiger partial charge in [0.1, 0.15) is 12.2 Å². The molecule has 2 saturated heterocycles. The number of hydrogen-bond acceptors (Lipinski definition) is 4. The number of alkyl halides is 1. The molecule has 5 atom stereocenters. The van der Waals surface area contributed by atoms with Crippen LogP contribution in [0.4, 0.5) is 4.79 Å². The molecule has 2 heterocycles. The Morgan fingerprint density at radius 1 is 1.31 bits per heavy atom. The molecule has 0 radical (unpaired) electrons. The lowest BCUT2D eigenvalue weighted by molar-refractivity contribution is -0.0478. The number of hydrogen-bond donors (Lipinski definition) is 0. The zero-order valence-electron chi connectivity index (χ0n) is 9.52. The van der Waals surface area contributed by atoms with E-state index in [0.717, 1.165) is 12.8 Å². The van der Waals surface area contributed by atoms with Crippen molar-refractivity contribution in [3.63, 3.8) is 0 Å². The molecule has 2 fully saturated rings. The topological polar surface area (TPSA) is 44.8 Å². The first-order valence-electron chi connectivity index (χ1n) is 5.77. The van der Waals surface area contributed by atoms with Crippen molar-refractivity contribution < 1.29 is 19.0 Å². The van der Waals surface area contributed by atoms with Gasteiger partial charge in [-0.15, -0.1) is 0 Å². The van der Waals surface area contributed by atoms with Gasteiger partial charge < -0.3 is 14.2 Å². The van der Waals surface area contributed by atoms with Gasteiger partial charge in [-0.1, -0.05) is 22.9 Å². The van der Waals surface area contributed by atoms with Gasteiger partial charge in [0, 0.05) is 17.7 Å². The van der Waals surface area contributed by atoms with Crippen LogP contribution in [0.1, 0.15) is 33.1 Å². The Kier molecular flexibility index (Phi) is 3.74. The number of ether oxygens (including phenoxy) is 3. The highest BCUT2D eigenvalue weighted by Crippen LogP contribution is 2.32. The summed E-state index contributed by atoms with van der Waals surface area (Å²) in [6, 6.07) is 0. The number of rotatable bonds is 1. The number of fused-ring (bicyclic) bond motifs is 1. The first-order chi connectivity index (χ1) is 7.60. The lowest BCUT2D eigenvalue weighted by Gasteiger charge is -2.31. The first-order valence-corrected chi connectivity index (χ1v) is 6.68. The maximum Gasteiger partial charge on any atom is 0.509 e. The fourth-order valence-electron chi connectivity index (χ4n) is 2.32. The van der Waals surface area contributed by atoms with E-state index in [4.69, 9.17) is 14.2 Å². The van der Waals surface area contributed by atoms with Gasteiger partial charge in [-0.3, -0.25) is 0 Å². The van der Waals surface area contributed by atoms with Crippen LogP contribution >= 0.6 is 15.9 Å². The van der Waals surface area contributed by atoms with Gasteiger partial charge in [0.15, 0.2) is 0 Å². The van der Waals surface area contributed by atoms with Crippen LogP contribution in [0.5, 0.6) is 0 Å². The molecule has 0 aliphatic carbocycles. The monoisotopic (exact) mass is 292 g/mol. The van der Waals surface area contributed by atoms with Crippen LogP contribution in [0.2, 0.25) is 0 Å². The van der Waals surface area contributed by atoms with Crippen molar-refractivity contribution in [1.82, 2.24) is 0 Å². The Bertz CT molecular complexity index is 271. The molecule has 0 aromatic heterocycles. The van der Waals surface area contributed by atoms with Crippen molar-refractivity contribution >= 4 is 22.1 Å². The third-order valence-electron chi connectivity index (χ3n) is 3.14. The second kappa shape index (κ2) is 4.92. The molecule has 0 aromatic rings. The minimum absolute atomic E-state index is 0.0901. The first kappa shape index (κ1) is 12.2. The smallest absolute Gasteiger partial charge is 0.427 e. The molecule has 0 saturated carbocycles. The summed E-state index contributed by atoms with van der Waals surface area (Å²) < 4.78 is 16.2. The molecule has 3 unspecified atom stereocenters. The average molecular weight is 293 g/mol. The van der Waals surface area contributed by atoms with Crippen molar-refractivity contribution in [3.8, 4) is 0 Å². The van der Waals surface area contributed by atoms with Crippen molar-refractivity contribution in [2.75, 3.05) is 0 Å². The highest BCUT2D eigenvalue weighted by molar-refractivity contribution is 9.09. The highest BCUT2D eigenvalue weighted by Gasteiger charge is 2.42. The van der Waals surface area contributed by atoms with E-state index >= 15 is 0 Å². The second-order valence-corrected chi connectivity index (χ2v) is 5.62. The standard InChI is InChI=1S/C11H17BrO4/c1-3-8-7(12)5-10-9(4-6(2)14-8)15-11(13)16-10/h6-10H,3-5H2,1-2H3/t6-,7?,8-,9?,10?/m1/s1. The molecule has 0 bridgehead atoms. The summed E-state index contributed by atoms with van der Waals surface area (Å²) in [6.45, 7) is 4.11. The Labute approximate surface area is 104 Å². The molecule has 4 nitrogen and oxygen atoms in total. The van der Waals surface area contributed by atoms with Crippen LogP contribution in [0.25, 0.3) is 0 Å². The Morgan fingerprint density at radius 2 is 1.94 bits per heavy atom. The number of carbonyl (C=O) groups is 1. The van der Waals surface area contributed by atoms with E-state index in [1.165, 1.54) is 0 Å². The van der Waals surface area contributed by atoms with Gasteiger partial charge in [-0.2, -0.15) is 0 Å². The van der Waals surface area contributed by atoms with Gasteiger partial charge in [-0.05, 0) is 13.3 Å². The summed E-state index contributed by atoms with van der Waals surface area (Å²) in [4.78, 5) is 11.3. The molecule has 16 heavy (non-hydrogen) atoms. The summed E-state index contributed by atoms with van der Waals surface area (Å²) in [5.74, 6) is 0. The van der Waals surface area contributed by atoms with E-state index < -0.39 is 6.16 Å². The molecule has 0 N–H and O–H groups in total. The molecule has 0 spiro atoms. The predicted octanol–water partition coefficient (Wildman–Crippen LogP) is 2.63. The van der Waals surface area contributed by atoms with Crippen LogP contribution in [-0.4, -0.2) is 35.4 Å². The van der Waals surface area contributed by atoms with E-state index in [0.29, 0.717) is 6.42 Å². The van der Waals surface area contributed by atoms with Crippen molar-refractivity contribution in [2.45, 2.75) is 62.4 Å². The van der Waals surface area contributed by atoms with Gasteiger partial charge in [-0.25, -0.2) is 4.79 Å². The molecule has 0 aromatic carbocycles. The van der Waals surface area contributed by atoms with Gasteiger partial charge in [0.25, 0.3) is 0 Å².